The monoisotopic (exact) mass is 355 g/mol. The Kier molecular flexibility index (Phi) is 6.67. The molecule has 0 saturated heterocycles. The van der Waals surface area contributed by atoms with Gasteiger partial charge in [0.2, 0.25) is 0 Å². The highest BCUT2D eigenvalue weighted by Crippen LogP contribution is 2.29. The summed E-state index contributed by atoms with van der Waals surface area (Å²) < 4.78 is 11.4. The molecule has 140 valence electrons. The van der Waals surface area contributed by atoms with Gasteiger partial charge < -0.3 is 14.8 Å². The zero-order valence-electron chi connectivity index (χ0n) is 16.5. The van der Waals surface area contributed by atoms with Gasteiger partial charge in [-0.25, -0.2) is 0 Å². The summed E-state index contributed by atoms with van der Waals surface area (Å²) >= 11 is 0. The molecule has 0 unspecified atom stereocenters. The van der Waals surface area contributed by atoms with Crippen LogP contribution in [0.15, 0.2) is 42.5 Å². The quantitative estimate of drug-likeness (QED) is 0.778. The van der Waals surface area contributed by atoms with E-state index in [9.17, 15) is 4.79 Å². The number of hydrogen-bond acceptors (Lipinski definition) is 3. The maximum Gasteiger partial charge on any atom is 0.261 e. The Labute approximate surface area is 156 Å². The van der Waals surface area contributed by atoms with Crippen molar-refractivity contribution in [1.29, 1.82) is 0 Å². The molecule has 0 saturated carbocycles. The summed E-state index contributed by atoms with van der Waals surface area (Å²) in [5.41, 5.74) is 3.15. The average Bonchev–Trinajstić information content (AvgIpc) is 2.61. The van der Waals surface area contributed by atoms with E-state index < -0.39 is 6.10 Å². The van der Waals surface area contributed by atoms with Crippen LogP contribution in [0, 0.1) is 6.92 Å². The second-order valence-corrected chi connectivity index (χ2v) is 6.93. The molecule has 0 aliphatic rings. The van der Waals surface area contributed by atoms with Crippen molar-refractivity contribution in [3.05, 3.63) is 59.2 Å². The summed E-state index contributed by atoms with van der Waals surface area (Å²) in [6.45, 7) is 9.97. The van der Waals surface area contributed by atoms with Gasteiger partial charge in [-0.2, -0.15) is 0 Å². The number of nitrogens with one attached hydrogen (secondary N) is 1. The lowest BCUT2D eigenvalue weighted by Gasteiger charge is -2.22. The number of amides is 1. The zero-order chi connectivity index (χ0) is 19.3. The van der Waals surface area contributed by atoms with Gasteiger partial charge in [-0.15, -0.1) is 0 Å². The third-order valence-corrected chi connectivity index (χ3v) is 4.43. The minimum atomic E-state index is -0.591. The maximum absolute atomic E-state index is 12.6. The van der Waals surface area contributed by atoms with Crippen molar-refractivity contribution < 1.29 is 14.3 Å². The van der Waals surface area contributed by atoms with Crippen molar-refractivity contribution in [3.8, 4) is 11.5 Å². The van der Waals surface area contributed by atoms with E-state index in [1.54, 1.807) is 14.0 Å². The summed E-state index contributed by atoms with van der Waals surface area (Å²) in [5, 5.41) is 3.01. The molecule has 2 aromatic carbocycles. The number of carbonyl (C=O) groups excluding carboxylic acids is 1. The fraction of sp³-hybridized carbons (Fsp3) is 0.409. The summed E-state index contributed by atoms with van der Waals surface area (Å²) in [5.74, 6) is 1.70. The summed E-state index contributed by atoms with van der Waals surface area (Å²) in [7, 11) is 1.63. The smallest absolute Gasteiger partial charge is 0.261 e. The van der Waals surface area contributed by atoms with Crippen molar-refractivity contribution in [2.75, 3.05) is 7.11 Å². The SMILES string of the molecule is COc1ccccc1[C@@H](C)NC(=O)[C@H](C)Oc1cc(C)ccc1C(C)C. The van der Waals surface area contributed by atoms with Gasteiger partial charge in [0.15, 0.2) is 6.10 Å². The van der Waals surface area contributed by atoms with Crippen LogP contribution in [0.4, 0.5) is 0 Å². The molecular weight excluding hydrogens is 326 g/mol. The predicted octanol–water partition coefficient (Wildman–Crippen LogP) is 4.77. The van der Waals surface area contributed by atoms with Crippen LogP contribution in [0.3, 0.4) is 0 Å². The lowest BCUT2D eigenvalue weighted by molar-refractivity contribution is -0.127. The Morgan fingerprint density at radius 2 is 1.65 bits per heavy atom. The second kappa shape index (κ2) is 8.75. The number of ether oxygens (including phenoxy) is 2. The normalized spacial score (nSPS) is 13.2. The van der Waals surface area contributed by atoms with Crippen LogP contribution in [-0.2, 0) is 4.79 Å². The molecule has 26 heavy (non-hydrogen) atoms. The van der Waals surface area contributed by atoms with Gasteiger partial charge in [-0.1, -0.05) is 44.2 Å². The second-order valence-electron chi connectivity index (χ2n) is 6.93. The largest absolute Gasteiger partial charge is 0.496 e. The molecule has 4 nitrogen and oxygen atoms in total. The Hall–Kier alpha value is -2.49. The minimum Gasteiger partial charge on any atom is -0.496 e. The van der Waals surface area contributed by atoms with Crippen molar-refractivity contribution >= 4 is 5.91 Å². The van der Waals surface area contributed by atoms with Gasteiger partial charge in [0, 0.05) is 5.56 Å². The van der Waals surface area contributed by atoms with Gasteiger partial charge >= 0.3 is 0 Å². The van der Waals surface area contributed by atoms with Crippen LogP contribution in [0.1, 0.15) is 56.3 Å². The van der Waals surface area contributed by atoms with Crippen molar-refractivity contribution in [1.82, 2.24) is 5.32 Å². The number of methoxy groups -OCH3 is 1. The van der Waals surface area contributed by atoms with Gasteiger partial charge in [0.1, 0.15) is 11.5 Å². The maximum atomic E-state index is 12.6. The molecule has 2 atom stereocenters. The molecule has 0 bridgehead atoms. The van der Waals surface area contributed by atoms with Crippen LogP contribution in [0.5, 0.6) is 11.5 Å². The van der Waals surface area contributed by atoms with Crippen LogP contribution in [0.25, 0.3) is 0 Å². The fourth-order valence-corrected chi connectivity index (χ4v) is 2.90. The molecule has 4 heteroatoms. The molecule has 0 aliphatic heterocycles. The van der Waals surface area contributed by atoms with E-state index in [0.29, 0.717) is 5.92 Å². The Morgan fingerprint density at radius 1 is 0.962 bits per heavy atom. The average molecular weight is 355 g/mol. The molecule has 0 spiro atoms. The predicted molar refractivity (Wildman–Crippen MR) is 105 cm³/mol. The van der Waals surface area contributed by atoms with E-state index in [2.05, 4.69) is 31.3 Å². The van der Waals surface area contributed by atoms with E-state index in [4.69, 9.17) is 9.47 Å². The van der Waals surface area contributed by atoms with Gasteiger partial charge in [-0.05, 0) is 49.9 Å². The molecule has 2 rings (SSSR count). The van der Waals surface area contributed by atoms with Crippen molar-refractivity contribution in [2.45, 2.75) is 52.7 Å². The van der Waals surface area contributed by atoms with Crippen LogP contribution >= 0.6 is 0 Å². The molecule has 0 aliphatic carbocycles. The standard InChI is InChI=1S/C22H29NO3/c1-14(2)18-12-11-15(3)13-21(18)26-17(5)22(24)23-16(4)19-9-7-8-10-20(19)25-6/h7-14,16-17H,1-6H3,(H,23,24)/t16-,17+/m1/s1. The number of hydrogen-bond donors (Lipinski definition) is 1. The third kappa shape index (κ3) is 4.78. The van der Waals surface area contributed by atoms with Crippen LogP contribution in [-0.4, -0.2) is 19.1 Å². The number of para-hydroxylation sites is 1. The third-order valence-electron chi connectivity index (χ3n) is 4.43. The molecule has 0 aromatic heterocycles. The highest BCUT2D eigenvalue weighted by atomic mass is 16.5. The lowest BCUT2D eigenvalue weighted by atomic mass is 10.0. The van der Waals surface area contributed by atoms with E-state index in [1.807, 2.05) is 44.2 Å². The first-order valence-electron chi connectivity index (χ1n) is 9.04. The molecule has 0 heterocycles. The van der Waals surface area contributed by atoms with Crippen molar-refractivity contribution in [3.63, 3.8) is 0 Å². The highest BCUT2D eigenvalue weighted by molar-refractivity contribution is 5.81. The van der Waals surface area contributed by atoms with E-state index in [0.717, 1.165) is 28.2 Å². The topological polar surface area (TPSA) is 47.6 Å². The Balaban J connectivity index is 2.10. The van der Waals surface area contributed by atoms with Gasteiger partial charge in [0.25, 0.3) is 5.91 Å². The molecular formula is C22H29NO3. The number of rotatable bonds is 7. The highest BCUT2D eigenvalue weighted by Gasteiger charge is 2.21. The summed E-state index contributed by atoms with van der Waals surface area (Å²) in [6, 6.07) is 13.6. The van der Waals surface area contributed by atoms with E-state index >= 15 is 0 Å². The minimum absolute atomic E-state index is 0.153. The van der Waals surface area contributed by atoms with Crippen LogP contribution in [0.2, 0.25) is 0 Å². The Morgan fingerprint density at radius 3 is 2.31 bits per heavy atom. The number of carbonyl (C=O) groups is 1. The molecule has 0 radical (unpaired) electrons. The first-order valence-corrected chi connectivity index (χ1v) is 9.04. The summed E-state index contributed by atoms with van der Waals surface area (Å²) in [4.78, 5) is 12.6. The molecule has 1 N–H and O–H groups in total. The zero-order valence-corrected chi connectivity index (χ0v) is 16.5. The molecule has 2 aromatic rings. The number of aryl methyl sites for hydroxylation is 1. The lowest BCUT2D eigenvalue weighted by Crippen LogP contribution is -2.38. The first-order chi connectivity index (χ1) is 12.3. The van der Waals surface area contributed by atoms with E-state index in [1.165, 1.54) is 0 Å². The molecule has 0 fully saturated rings. The number of benzene rings is 2. The van der Waals surface area contributed by atoms with Crippen LogP contribution < -0.4 is 14.8 Å². The van der Waals surface area contributed by atoms with Gasteiger partial charge in [-0.3, -0.25) is 4.79 Å². The van der Waals surface area contributed by atoms with Crippen molar-refractivity contribution in [2.24, 2.45) is 0 Å². The van der Waals surface area contributed by atoms with E-state index in [-0.39, 0.29) is 11.9 Å². The molecule has 1 amide bonds. The fourth-order valence-electron chi connectivity index (χ4n) is 2.90. The first kappa shape index (κ1) is 19.8. The van der Waals surface area contributed by atoms with Gasteiger partial charge in [0.05, 0.1) is 13.2 Å². The summed E-state index contributed by atoms with van der Waals surface area (Å²) in [6.07, 6.45) is -0.591. The Bertz CT molecular complexity index is 755.